The molecule has 1 N–H and O–H groups in total. The van der Waals surface area contributed by atoms with Gasteiger partial charge in [0.1, 0.15) is 0 Å². The third kappa shape index (κ3) is 3.00. The predicted octanol–water partition coefficient (Wildman–Crippen LogP) is 4.24. The van der Waals surface area contributed by atoms with Crippen molar-refractivity contribution in [1.29, 1.82) is 0 Å². The Hall–Kier alpha value is -0.890. The number of nitrogens with zero attached hydrogens (tertiary/aromatic N) is 1. The van der Waals surface area contributed by atoms with Crippen molar-refractivity contribution in [3.63, 3.8) is 0 Å². The minimum absolute atomic E-state index is 0.427. The zero-order chi connectivity index (χ0) is 13.1. The summed E-state index contributed by atoms with van der Waals surface area (Å²) in [7, 11) is 0. The van der Waals surface area contributed by atoms with E-state index in [1.165, 1.54) is 56.9 Å². The summed E-state index contributed by atoms with van der Waals surface area (Å²) < 4.78 is 0. The first-order valence-corrected chi connectivity index (χ1v) is 7.93. The molecule has 0 saturated heterocycles. The van der Waals surface area contributed by atoms with Crippen LogP contribution in [0.25, 0.3) is 0 Å². The Kier molecular flexibility index (Phi) is 3.88. The number of nitrogens with one attached hydrogen (secondary N) is 1. The molecule has 0 amide bonds. The highest BCUT2D eigenvalue weighted by Gasteiger charge is 2.37. The largest absolute Gasteiger partial charge is 0.307 e. The third-order valence-electron chi connectivity index (χ3n) is 5.38. The lowest BCUT2D eigenvalue weighted by Gasteiger charge is -2.38. The maximum atomic E-state index is 4.22. The van der Waals surface area contributed by atoms with Crippen LogP contribution < -0.4 is 5.32 Å². The standard InChI is InChI=1S/C17H26N2/c1-14(15-5-4-12-18-13-15)19-16-6-10-17(11-7-16)8-2-3-9-17/h4-5,12-14,16,19H,2-3,6-11H2,1H3/t14-/m0/s1. The number of rotatable bonds is 3. The van der Waals surface area contributed by atoms with Gasteiger partial charge in [0.2, 0.25) is 0 Å². The Morgan fingerprint density at radius 3 is 2.58 bits per heavy atom. The number of aromatic nitrogens is 1. The van der Waals surface area contributed by atoms with Crippen LogP contribution in [0.2, 0.25) is 0 Å². The molecule has 1 aromatic heterocycles. The molecule has 3 rings (SSSR count). The Bertz CT molecular complexity index is 385. The van der Waals surface area contributed by atoms with E-state index in [9.17, 15) is 0 Å². The van der Waals surface area contributed by atoms with Crippen molar-refractivity contribution < 1.29 is 0 Å². The van der Waals surface area contributed by atoms with Crippen molar-refractivity contribution in [2.45, 2.75) is 70.4 Å². The van der Waals surface area contributed by atoms with Crippen LogP contribution in [0, 0.1) is 5.41 Å². The fraction of sp³-hybridized carbons (Fsp3) is 0.706. The van der Waals surface area contributed by atoms with Crippen LogP contribution in [-0.4, -0.2) is 11.0 Å². The first-order chi connectivity index (χ1) is 9.27. The molecule has 104 valence electrons. The first kappa shape index (κ1) is 13.1. The van der Waals surface area contributed by atoms with E-state index < -0.39 is 0 Å². The summed E-state index contributed by atoms with van der Waals surface area (Å²) in [5, 5.41) is 3.80. The maximum Gasteiger partial charge on any atom is 0.0315 e. The molecule has 0 unspecified atom stereocenters. The summed E-state index contributed by atoms with van der Waals surface area (Å²) in [5.41, 5.74) is 2.05. The van der Waals surface area contributed by atoms with Crippen molar-refractivity contribution in [3.05, 3.63) is 30.1 Å². The quantitative estimate of drug-likeness (QED) is 0.877. The van der Waals surface area contributed by atoms with Gasteiger partial charge in [-0.1, -0.05) is 18.9 Å². The van der Waals surface area contributed by atoms with Crippen LogP contribution in [0.5, 0.6) is 0 Å². The molecule has 0 aliphatic heterocycles. The molecule has 2 aliphatic carbocycles. The van der Waals surface area contributed by atoms with Gasteiger partial charge < -0.3 is 5.32 Å². The lowest BCUT2D eigenvalue weighted by atomic mass is 9.71. The third-order valence-corrected chi connectivity index (χ3v) is 5.38. The van der Waals surface area contributed by atoms with Crippen LogP contribution in [0.1, 0.15) is 69.9 Å². The number of pyridine rings is 1. The topological polar surface area (TPSA) is 24.9 Å². The molecule has 1 spiro atoms. The van der Waals surface area contributed by atoms with Crippen molar-refractivity contribution >= 4 is 0 Å². The molecule has 0 bridgehead atoms. The van der Waals surface area contributed by atoms with Gasteiger partial charge in [0.05, 0.1) is 0 Å². The van der Waals surface area contributed by atoms with Crippen molar-refractivity contribution in [2.24, 2.45) is 5.41 Å². The summed E-state index contributed by atoms with van der Waals surface area (Å²) in [6.45, 7) is 2.26. The highest BCUT2D eigenvalue weighted by Crippen LogP contribution is 2.49. The van der Waals surface area contributed by atoms with E-state index in [-0.39, 0.29) is 0 Å². The molecule has 2 saturated carbocycles. The first-order valence-electron chi connectivity index (χ1n) is 7.93. The van der Waals surface area contributed by atoms with Gasteiger partial charge in [-0.05, 0) is 62.5 Å². The van der Waals surface area contributed by atoms with E-state index in [2.05, 4.69) is 23.3 Å². The summed E-state index contributed by atoms with van der Waals surface area (Å²) >= 11 is 0. The number of hydrogen-bond donors (Lipinski definition) is 1. The van der Waals surface area contributed by atoms with Gasteiger partial charge in [0.25, 0.3) is 0 Å². The van der Waals surface area contributed by atoms with Crippen LogP contribution in [-0.2, 0) is 0 Å². The molecule has 2 aliphatic rings. The van der Waals surface area contributed by atoms with Gasteiger partial charge in [0.15, 0.2) is 0 Å². The smallest absolute Gasteiger partial charge is 0.0315 e. The Morgan fingerprint density at radius 1 is 1.21 bits per heavy atom. The average Bonchev–Trinajstić information content (AvgIpc) is 2.91. The van der Waals surface area contributed by atoms with E-state index in [4.69, 9.17) is 0 Å². The number of hydrogen-bond acceptors (Lipinski definition) is 2. The van der Waals surface area contributed by atoms with Crippen molar-refractivity contribution in [1.82, 2.24) is 10.3 Å². The molecular weight excluding hydrogens is 232 g/mol. The Labute approximate surface area is 117 Å². The molecule has 2 heteroatoms. The van der Waals surface area contributed by atoms with Crippen molar-refractivity contribution in [2.75, 3.05) is 0 Å². The Balaban J connectivity index is 1.52. The highest BCUT2D eigenvalue weighted by atomic mass is 14.9. The van der Waals surface area contributed by atoms with E-state index >= 15 is 0 Å². The van der Waals surface area contributed by atoms with E-state index in [0.717, 1.165) is 5.41 Å². The van der Waals surface area contributed by atoms with E-state index in [1.54, 1.807) is 0 Å². The normalized spacial score (nSPS) is 24.7. The second-order valence-corrected chi connectivity index (χ2v) is 6.66. The molecule has 19 heavy (non-hydrogen) atoms. The fourth-order valence-corrected chi connectivity index (χ4v) is 4.10. The van der Waals surface area contributed by atoms with E-state index in [1.807, 2.05) is 18.5 Å². The lowest BCUT2D eigenvalue weighted by molar-refractivity contribution is 0.164. The lowest BCUT2D eigenvalue weighted by Crippen LogP contribution is -2.38. The zero-order valence-electron chi connectivity index (χ0n) is 12.1. The molecule has 2 nitrogen and oxygen atoms in total. The van der Waals surface area contributed by atoms with E-state index in [0.29, 0.717) is 12.1 Å². The highest BCUT2D eigenvalue weighted by molar-refractivity contribution is 5.13. The molecule has 1 aromatic rings. The minimum Gasteiger partial charge on any atom is -0.307 e. The zero-order valence-corrected chi connectivity index (χ0v) is 12.1. The maximum absolute atomic E-state index is 4.22. The second kappa shape index (κ2) is 5.62. The average molecular weight is 258 g/mol. The summed E-state index contributed by atoms with van der Waals surface area (Å²) in [5.74, 6) is 0. The summed E-state index contributed by atoms with van der Waals surface area (Å²) in [4.78, 5) is 4.22. The predicted molar refractivity (Wildman–Crippen MR) is 78.9 cm³/mol. The van der Waals surface area contributed by atoms with Gasteiger partial charge >= 0.3 is 0 Å². The molecule has 2 fully saturated rings. The van der Waals surface area contributed by atoms with Crippen LogP contribution in [0.4, 0.5) is 0 Å². The van der Waals surface area contributed by atoms with Crippen molar-refractivity contribution in [3.8, 4) is 0 Å². The van der Waals surface area contributed by atoms with Gasteiger partial charge in [-0.25, -0.2) is 0 Å². The fourth-order valence-electron chi connectivity index (χ4n) is 4.10. The molecule has 0 aromatic carbocycles. The minimum atomic E-state index is 0.427. The van der Waals surface area contributed by atoms with Gasteiger partial charge in [-0.2, -0.15) is 0 Å². The monoisotopic (exact) mass is 258 g/mol. The van der Waals surface area contributed by atoms with Gasteiger partial charge in [-0.15, -0.1) is 0 Å². The van der Waals surface area contributed by atoms with Crippen LogP contribution in [0.15, 0.2) is 24.5 Å². The molecular formula is C17H26N2. The molecule has 0 radical (unpaired) electrons. The Morgan fingerprint density at radius 2 is 1.95 bits per heavy atom. The van der Waals surface area contributed by atoms with Crippen LogP contribution in [0.3, 0.4) is 0 Å². The van der Waals surface area contributed by atoms with Gasteiger partial charge in [0, 0.05) is 24.5 Å². The summed E-state index contributed by atoms with van der Waals surface area (Å²) in [6.07, 6.45) is 15.4. The van der Waals surface area contributed by atoms with Crippen LogP contribution >= 0.6 is 0 Å². The molecule has 1 heterocycles. The van der Waals surface area contributed by atoms with Gasteiger partial charge in [-0.3, -0.25) is 4.98 Å². The second-order valence-electron chi connectivity index (χ2n) is 6.66. The SMILES string of the molecule is C[C@H](NC1CCC2(CCCC2)CC1)c1cccnc1. The summed E-state index contributed by atoms with van der Waals surface area (Å²) in [6, 6.07) is 5.34. The molecule has 1 atom stereocenters.